The molecule has 210 valence electrons. The second-order valence-electron chi connectivity index (χ2n) is 9.04. The number of carbonyl (C=O) groups excluding carboxylic acids is 1. The Hall–Kier alpha value is -3.37. The van der Waals surface area contributed by atoms with E-state index in [9.17, 15) is 9.59 Å². The van der Waals surface area contributed by atoms with Crippen molar-refractivity contribution in [2.75, 3.05) is 14.2 Å². The number of hydrogen-bond donors (Lipinski definition) is 0. The number of ether oxygens (including phenoxy) is 3. The van der Waals surface area contributed by atoms with Crippen LogP contribution in [0.5, 0.6) is 11.5 Å². The molecule has 11 heteroatoms. The van der Waals surface area contributed by atoms with Crippen LogP contribution in [0.25, 0.3) is 6.08 Å². The predicted molar refractivity (Wildman–Crippen MR) is 164 cm³/mol. The molecule has 0 bridgehead atoms. The lowest BCUT2D eigenvalue weighted by Gasteiger charge is -2.24. The lowest BCUT2D eigenvalue weighted by Crippen LogP contribution is -2.39. The molecule has 3 aromatic carbocycles. The summed E-state index contributed by atoms with van der Waals surface area (Å²) in [6.45, 7) is 1.95. The maximum absolute atomic E-state index is 13.8. The molecule has 0 fully saturated rings. The van der Waals surface area contributed by atoms with Gasteiger partial charge >= 0.3 is 5.97 Å². The van der Waals surface area contributed by atoms with E-state index in [4.69, 9.17) is 37.4 Å². The van der Waals surface area contributed by atoms with Crippen LogP contribution in [0.1, 0.15) is 29.7 Å². The van der Waals surface area contributed by atoms with Crippen molar-refractivity contribution in [1.29, 1.82) is 0 Å². The normalized spacial score (nSPS) is 14.9. The Kier molecular flexibility index (Phi) is 8.70. The van der Waals surface area contributed by atoms with Crippen LogP contribution in [-0.4, -0.2) is 24.8 Å². The fraction of sp³-hybridized carbons (Fsp3) is 0.167. The topological polar surface area (TPSA) is 79.1 Å². The first-order valence-electron chi connectivity index (χ1n) is 12.3. The molecule has 1 atom stereocenters. The highest BCUT2D eigenvalue weighted by molar-refractivity contribution is 9.10. The third kappa shape index (κ3) is 5.85. The largest absolute Gasteiger partial charge is 0.493 e. The fourth-order valence-electron chi connectivity index (χ4n) is 4.55. The van der Waals surface area contributed by atoms with Crippen molar-refractivity contribution in [1.82, 2.24) is 4.57 Å². The molecule has 0 saturated carbocycles. The number of aromatic nitrogens is 1. The number of benzene rings is 3. The maximum atomic E-state index is 13.8. The van der Waals surface area contributed by atoms with E-state index in [2.05, 4.69) is 20.9 Å². The average Bonchev–Trinajstić information content (AvgIpc) is 3.26. The summed E-state index contributed by atoms with van der Waals surface area (Å²) in [6.07, 6.45) is 1.76. The second kappa shape index (κ2) is 12.2. The minimum Gasteiger partial charge on any atom is -0.493 e. The number of hydrogen-bond acceptors (Lipinski definition) is 7. The van der Waals surface area contributed by atoms with Gasteiger partial charge in [0, 0.05) is 15.6 Å². The van der Waals surface area contributed by atoms with E-state index >= 15 is 0 Å². The number of nitrogens with zero attached hydrogens (tertiary/aromatic N) is 2. The molecule has 41 heavy (non-hydrogen) atoms. The summed E-state index contributed by atoms with van der Waals surface area (Å²) in [5.74, 6) is 0.424. The summed E-state index contributed by atoms with van der Waals surface area (Å²) < 4.78 is 19.3. The fourth-order valence-corrected chi connectivity index (χ4v) is 6.63. The minimum absolute atomic E-state index is 0.199. The highest BCUT2D eigenvalue weighted by Gasteiger charge is 2.33. The van der Waals surface area contributed by atoms with E-state index in [1.165, 1.54) is 18.4 Å². The lowest BCUT2D eigenvalue weighted by molar-refractivity contribution is -0.136. The zero-order chi connectivity index (χ0) is 29.3. The second-order valence-corrected chi connectivity index (χ2v) is 11.7. The van der Waals surface area contributed by atoms with Gasteiger partial charge in [-0.1, -0.05) is 70.9 Å². The van der Waals surface area contributed by atoms with Crippen LogP contribution in [-0.2, 0) is 16.1 Å². The van der Waals surface area contributed by atoms with E-state index in [0.29, 0.717) is 52.2 Å². The summed E-state index contributed by atoms with van der Waals surface area (Å²) in [7, 11) is 2.86. The van der Waals surface area contributed by atoms with Crippen LogP contribution >= 0.6 is 50.5 Å². The number of esters is 1. The Labute approximate surface area is 258 Å². The summed E-state index contributed by atoms with van der Waals surface area (Å²) in [5.41, 5.74) is 2.81. The smallest absolute Gasteiger partial charge is 0.338 e. The van der Waals surface area contributed by atoms with Crippen molar-refractivity contribution >= 4 is 62.5 Å². The van der Waals surface area contributed by atoms with Gasteiger partial charge in [-0.3, -0.25) is 9.36 Å². The van der Waals surface area contributed by atoms with Gasteiger partial charge in [0.2, 0.25) is 0 Å². The van der Waals surface area contributed by atoms with Crippen LogP contribution in [0.3, 0.4) is 0 Å². The van der Waals surface area contributed by atoms with E-state index in [0.717, 1.165) is 11.1 Å². The van der Waals surface area contributed by atoms with Crippen LogP contribution in [0.2, 0.25) is 10.0 Å². The van der Waals surface area contributed by atoms with Crippen molar-refractivity contribution in [2.45, 2.75) is 19.6 Å². The van der Waals surface area contributed by atoms with Crippen molar-refractivity contribution in [2.24, 2.45) is 4.99 Å². The molecule has 4 aromatic rings. The Morgan fingerprint density at radius 2 is 1.88 bits per heavy atom. The van der Waals surface area contributed by atoms with Crippen LogP contribution in [0, 0.1) is 0 Å². The summed E-state index contributed by atoms with van der Waals surface area (Å²) >= 11 is 17.1. The Bertz CT molecular complexity index is 1870. The molecule has 0 aliphatic carbocycles. The highest BCUT2D eigenvalue weighted by atomic mass is 79.9. The quantitative estimate of drug-likeness (QED) is 0.223. The van der Waals surface area contributed by atoms with Crippen LogP contribution < -0.4 is 24.4 Å². The molecule has 7 nitrogen and oxygen atoms in total. The van der Waals surface area contributed by atoms with Gasteiger partial charge in [0.05, 0.1) is 40.5 Å². The standard InChI is InChI=1S/C30H23BrCl2N2O5S/c1-16-25(29(37)39-3)26(18-7-5-4-6-8-18)35-28(36)24(41-30(35)34-16)13-17-11-21(31)27(23(12-17)38-2)40-15-19-9-10-20(32)14-22(19)33/h4-14,26H,15H2,1-3H3. The van der Waals surface area contributed by atoms with E-state index in [-0.39, 0.29) is 12.2 Å². The molecular formula is C30H23BrCl2N2O5S. The molecule has 1 unspecified atom stereocenters. The van der Waals surface area contributed by atoms with Crippen molar-refractivity contribution in [3.05, 3.63) is 123 Å². The van der Waals surface area contributed by atoms with Crippen molar-refractivity contribution in [3.8, 4) is 11.5 Å². The van der Waals surface area contributed by atoms with Gasteiger partial charge in [-0.15, -0.1) is 0 Å². The van der Waals surface area contributed by atoms with Gasteiger partial charge in [-0.2, -0.15) is 0 Å². The molecular weight excluding hydrogens is 651 g/mol. The first kappa shape index (κ1) is 29.1. The van der Waals surface area contributed by atoms with E-state index in [1.807, 2.05) is 36.4 Å². The van der Waals surface area contributed by atoms with Crippen LogP contribution in [0.15, 0.2) is 86.2 Å². The molecule has 0 amide bonds. The average molecular weight is 674 g/mol. The van der Waals surface area contributed by atoms with Gasteiger partial charge in [0.15, 0.2) is 16.3 Å². The highest BCUT2D eigenvalue weighted by Crippen LogP contribution is 2.38. The number of halogens is 3. The summed E-state index contributed by atoms with van der Waals surface area (Å²) in [4.78, 5) is 31.7. The van der Waals surface area contributed by atoms with Gasteiger partial charge in [-0.25, -0.2) is 9.79 Å². The maximum Gasteiger partial charge on any atom is 0.338 e. The number of allylic oxidation sites excluding steroid dienone is 1. The van der Waals surface area contributed by atoms with Crippen LogP contribution in [0.4, 0.5) is 0 Å². The zero-order valence-electron chi connectivity index (χ0n) is 22.1. The van der Waals surface area contributed by atoms with E-state index < -0.39 is 12.0 Å². The molecule has 1 aromatic heterocycles. The number of thiazole rings is 1. The lowest BCUT2D eigenvalue weighted by atomic mass is 9.96. The molecule has 2 heterocycles. The molecule has 1 aliphatic heterocycles. The zero-order valence-corrected chi connectivity index (χ0v) is 26.0. The number of fused-ring (bicyclic) bond motifs is 1. The number of carbonyl (C=O) groups is 1. The third-order valence-corrected chi connectivity index (χ3v) is 8.64. The molecule has 0 saturated heterocycles. The molecule has 0 N–H and O–H groups in total. The summed E-state index contributed by atoms with van der Waals surface area (Å²) in [6, 6.07) is 17.5. The molecule has 5 rings (SSSR count). The Morgan fingerprint density at radius 1 is 1.12 bits per heavy atom. The molecule has 0 radical (unpaired) electrons. The first-order chi connectivity index (χ1) is 19.7. The Morgan fingerprint density at radius 3 is 2.56 bits per heavy atom. The monoisotopic (exact) mass is 672 g/mol. The van der Waals surface area contributed by atoms with Gasteiger partial charge in [0.1, 0.15) is 6.61 Å². The first-order valence-corrected chi connectivity index (χ1v) is 14.7. The van der Waals surface area contributed by atoms with Crippen molar-refractivity contribution in [3.63, 3.8) is 0 Å². The predicted octanol–water partition coefficient (Wildman–Crippen LogP) is 6.07. The SMILES string of the molecule is COC(=O)C1=C(C)N=c2sc(=Cc3cc(Br)c(OCc4ccc(Cl)cc4Cl)c(OC)c3)c(=O)n2C1c1ccccc1. The van der Waals surface area contributed by atoms with Gasteiger partial charge < -0.3 is 14.2 Å². The van der Waals surface area contributed by atoms with Gasteiger partial charge in [-0.05, 0) is 64.3 Å². The summed E-state index contributed by atoms with van der Waals surface area (Å²) in [5, 5.41) is 1.04. The molecule has 1 aliphatic rings. The number of rotatable bonds is 7. The van der Waals surface area contributed by atoms with Crippen molar-refractivity contribution < 1.29 is 19.0 Å². The van der Waals surface area contributed by atoms with E-state index in [1.54, 1.807) is 48.9 Å². The third-order valence-electron chi connectivity index (χ3n) is 6.48. The minimum atomic E-state index is -0.668. The Balaban J connectivity index is 1.56. The molecule has 0 spiro atoms. The number of methoxy groups -OCH3 is 2. The van der Waals surface area contributed by atoms with Gasteiger partial charge in [0.25, 0.3) is 5.56 Å².